The van der Waals surface area contributed by atoms with Gasteiger partial charge in [0.15, 0.2) is 12.1 Å². The van der Waals surface area contributed by atoms with Crippen molar-refractivity contribution < 1.29 is 13.9 Å². The molecule has 24 heavy (non-hydrogen) atoms. The zero-order valence-corrected chi connectivity index (χ0v) is 14.1. The number of methoxy groups -OCH3 is 1. The molecule has 7 nitrogen and oxygen atoms in total. The summed E-state index contributed by atoms with van der Waals surface area (Å²) in [7, 11) is 1.39. The summed E-state index contributed by atoms with van der Waals surface area (Å²) in [6, 6.07) is 0.368. The van der Waals surface area contributed by atoms with Gasteiger partial charge in [-0.3, -0.25) is 15.1 Å². The second-order valence-electron chi connectivity index (χ2n) is 6.52. The van der Waals surface area contributed by atoms with Gasteiger partial charge < -0.3 is 20.3 Å². The van der Waals surface area contributed by atoms with Crippen LogP contribution in [0.4, 0.5) is 4.39 Å². The van der Waals surface area contributed by atoms with Crippen LogP contribution in [0.5, 0.6) is 0 Å². The van der Waals surface area contributed by atoms with Gasteiger partial charge in [-0.15, -0.1) is 0 Å². The van der Waals surface area contributed by atoms with E-state index in [2.05, 4.69) is 20.9 Å². The number of nitrogens with zero attached hydrogens (tertiary/aromatic N) is 2. The number of ether oxygens (including phenoxy) is 1. The summed E-state index contributed by atoms with van der Waals surface area (Å²) < 4.78 is 19.1. The summed E-state index contributed by atoms with van der Waals surface area (Å²) in [4.78, 5) is 17.9. The van der Waals surface area contributed by atoms with Crippen molar-refractivity contribution in [1.82, 2.24) is 20.9 Å². The fraction of sp³-hybridized carbons (Fsp3) is 0.750. The molecule has 1 unspecified atom stereocenters. The number of carbonyl (C=O) groups excluding carboxylic acids is 1. The molecule has 0 radical (unpaired) electrons. The van der Waals surface area contributed by atoms with E-state index < -0.39 is 0 Å². The number of aliphatic imine (C=N–C) groups is 1. The van der Waals surface area contributed by atoms with Crippen LogP contribution < -0.4 is 16.0 Å². The minimum absolute atomic E-state index is 0.208. The van der Waals surface area contributed by atoms with Crippen LogP contribution in [0.1, 0.15) is 25.7 Å². The lowest BCUT2D eigenvalue weighted by molar-refractivity contribution is -0.147. The van der Waals surface area contributed by atoms with Crippen LogP contribution in [0.3, 0.4) is 0 Å². The number of hydrogen-bond acceptors (Lipinski definition) is 7. The molecule has 0 saturated carbocycles. The van der Waals surface area contributed by atoms with E-state index >= 15 is 0 Å². The zero-order chi connectivity index (χ0) is 16.9. The van der Waals surface area contributed by atoms with Crippen LogP contribution in [0.25, 0.3) is 0 Å². The average Bonchev–Trinajstić information content (AvgIpc) is 2.63. The minimum Gasteiger partial charge on any atom is -0.469 e. The van der Waals surface area contributed by atoms with E-state index in [0.29, 0.717) is 18.4 Å². The highest BCUT2D eigenvalue weighted by Crippen LogP contribution is 2.23. The Morgan fingerprint density at radius 3 is 2.96 bits per heavy atom. The number of likely N-dealkylation sites (tertiary alicyclic amines) is 1. The Morgan fingerprint density at radius 2 is 2.21 bits per heavy atom. The first-order chi connectivity index (χ1) is 11.7. The lowest BCUT2D eigenvalue weighted by Gasteiger charge is -2.38. The second-order valence-corrected chi connectivity index (χ2v) is 6.52. The maximum atomic E-state index is 14.3. The zero-order valence-electron chi connectivity index (χ0n) is 14.1. The summed E-state index contributed by atoms with van der Waals surface area (Å²) in [6.45, 7) is 3.16. The van der Waals surface area contributed by atoms with Crippen molar-refractivity contribution >= 4 is 12.2 Å². The molecule has 8 heteroatoms. The van der Waals surface area contributed by atoms with Crippen LogP contribution in [0, 0.1) is 5.92 Å². The molecule has 0 aromatic carbocycles. The van der Waals surface area contributed by atoms with Crippen LogP contribution in [0.2, 0.25) is 0 Å². The molecule has 3 aliphatic heterocycles. The van der Waals surface area contributed by atoms with Crippen molar-refractivity contribution in [2.24, 2.45) is 10.9 Å². The molecule has 0 spiro atoms. The smallest absolute Gasteiger partial charge is 0.310 e. The first-order valence-corrected chi connectivity index (χ1v) is 8.66. The Bertz CT molecular complexity index is 519. The number of halogens is 1. The third-order valence-corrected chi connectivity index (χ3v) is 4.84. The van der Waals surface area contributed by atoms with Gasteiger partial charge in [-0.05, 0) is 38.8 Å². The molecular formula is C16H26FN5O2. The Balaban J connectivity index is 1.61. The Labute approximate surface area is 141 Å². The van der Waals surface area contributed by atoms with Crippen molar-refractivity contribution in [3.05, 3.63) is 11.6 Å². The normalized spacial score (nSPS) is 28.7. The number of piperidine rings is 2. The van der Waals surface area contributed by atoms with Crippen molar-refractivity contribution in [3.63, 3.8) is 0 Å². The topological polar surface area (TPSA) is 78.0 Å². The predicted octanol–water partition coefficient (Wildman–Crippen LogP) is 0.309. The van der Waals surface area contributed by atoms with E-state index in [1.807, 2.05) is 4.90 Å². The predicted molar refractivity (Wildman–Crippen MR) is 88.9 cm³/mol. The van der Waals surface area contributed by atoms with Gasteiger partial charge >= 0.3 is 5.97 Å². The van der Waals surface area contributed by atoms with Gasteiger partial charge in [0.25, 0.3) is 0 Å². The van der Waals surface area contributed by atoms with Gasteiger partial charge in [-0.1, -0.05) is 0 Å². The van der Waals surface area contributed by atoms with Crippen molar-refractivity contribution in [2.45, 2.75) is 38.0 Å². The Morgan fingerprint density at radius 1 is 1.42 bits per heavy atom. The first-order valence-electron chi connectivity index (χ1n) is 8.66. The highest BCUT2D eigenvalue weighted by Gasteiger charge is 2.31. The molecule has 0 bridgehead atoms. The SMILES string of the molecule is COC(=O)[C@H]1CCCN(C2=C(F)C=NC(NC3CCNCC3)N2)C1. The standard InChI is InChI=1S/C16H26FN5O2/c1-24-15(23)11-3-2-8-22(10-11)14-13(17)9-19-16(21-14)20-12-4-6-18-7-5-12/h9,11-12,16,18,20-21H,2-8,10H2,1H3/t11-,16?/m0/s1. The van der Waals surface area contributed by atoms with Crippen molar-refractivity contribution in [2.75, 3.05) is 33.3 Å². The van der Waals surface area contributed by atoms with Crippen LogP contribution in [-0.4, -0.2) is 62.7 Å². The number of rotatable bonds is 4. The highest BCUT2D eigenvalue weighted by atomic mass is 19.1. The Kier molecular flexibility index (Phi) is 5.68. The summed E-state index contributed by atoms with van der Waals surface area (Å²) in [5.74, 6) is -0.399. The van der Waals surface area contributed by atoms with Gasteiger partial charge in [0.1, 0.15) is 5.82 Å². The van der Waals surface area contributed by atoms with Gasteiger partial charge in [-0.2, -0.15) is 0 Å². The fourth-order valence-corrected chi connectivity index (χ4v) is 3.52. The largest absolute Gasteiger partial charge is 0.469 e. The molecule has 0 aromatic heterocycles. The summed E-state index contributed by atoms with van der Waals surface area (Å²) >= 11 is 0. The van der Waals surface area contributed by atoms with Crippen molar-refractivity contribution in [3.8, 4) is 0 Å². The maximum absolute atomic E-state index is 14.3. The summed E-state index contributed by atoms with van der Waals surface area (Å²) in [5, 5.41) is 9.89. The number of esters is 1. The molecule has 2 atom stereocenters. The lowest BCUT2D eigenvalue weighted by Crippen LogP contribution is -2.53. The fourth-order valence-electron chi connectivity index (χ4n) is 3.52. The molecule has 3 rings (SSSR count). The van der Waals surface area contributed by atoms with E-state index in [0.717, 1.165) is 45.3 Å². The van der Waals surface area contributed by atoms with Crippen LogP contribution >= 0.6 is 0 Å². The van der Waals surface area contributed by atoms with Crippen LogP contribution in [-0.2, 0) is 9.53 Å². The summed E-state index contributed by atoms with van der Waals surface area (Å²) in [5.41, 5.74) is 0. The van der Waals surface area contributed by atoms with Crippen LogP contribution in [0.15, 0.2) is 16.6 Å². The maximum Gasteiger partial charge on any atom is 0.310 e. The monoisotopic (exact) mass is 339 g/mol. The molecule has 2 saturated heterocycles. The molecule has 0 amide bonds. The molecule has 3 N–H and O–H groups in total. The van der Waals surface area contributed by atoms with Gasteiger partial charge in [-0.25, -0.2) is 4.39 Å². The third kappa shape index (κ3) is 4.05. The molecule has 134 valence electrons. The van der Waals surface area contributed by atoms with E-state index in [9.17, 15) is 9.18 Å². The molecular weight excluding hydrogens is 313 g/mol. The number of allylic oxidation sites excluding steroid dienone is 1. The van der Waals surface area contributed by atoms with Gasteiger partial charge in [0, 0.05) is 19.1 Å². The number of hydrogen-bond donors (Lipinski definition) is 3. The third-order valence-electron chi connectivity index (χ3n) is 4.84. The highest BCUT2D eigenvalue weighted by molar-refractivity contribution is 5.77. The summed E-state index contributed by atoms with van der Waals surface area (Å²) in [6.07, 6.45) is 4.62. The first kappa shape index (κ1) is 17.2. The number of carbonyl (C=O) groups is 1. The molecule has 3 heterocycles. The van der Waals surface area contributed by atoms with E-state index in [4.69, 9.17) is 4.74 Å². The lowest BCUT2D eigenvalue weighted by atomic mass is 9.98. The van der Waals surface area contributed by atoms with Crippen molar-refractivity contribution in [1.29, 1.82) is 0 Å². The molecule has 0 aliphatic carbocycles. The molecule has 3 aliphatic rings. The van der Waals surface area contributed by atoms with E-state index in [-0.39, 0.29) is 24.0 Å². The number of nitrogens with one attached hydrogen (secondary N) is 3. The van der Waals surface area contributed by atoms with E-state index in [1.165, 1.54) is 13.3 Å². The Hall–Kier alpha value is -1.67. The second kappa shape index (κ2) is 7.94. The molecule has 0 aromatic rings. The van der Waals surface area contributed by atoms with Gasteiger partial charge in [0.05, 0.1) is 19.2 Å². The minimum atomic E-state index is -0.385. The van der Waals surface area contributed by atoms with E-state index in [1.54, 1.807) is 0 Å². The average molecular weight is 339 g/mol. The molecule has 2 fully saturated rings. The van der Waals surface area contributed by atoms with Gasteiger partial charge in [0.2, 0.25) is 0 Å². The quantitative estimate of drug-likeness (QED) is 0.640.